The zero-order chi connectivity index (χ0) is 12.7. The summed E-state index contributed by atoms with van der Waals surface area (Å²) in [4.78, 5) is 14.0. The van der Waals surface area contributed by atoms with Gasteiger partial charge < -0.3 is 15.5 Å². The highest BCUT2D eigenvalue weighted by Gasteiger charge is 2.18. The van der Waals surface area contributed by atoms with Crippen LogP contribution in [0.1, 0.15) is 33.1 Å². The Labute approximate surface area is 105 Å². The van der Waals surface area contributed by atoms with Gasteiger partial charge in [0.15, 0.2) is 0 Å². The molecule has 1 saturated heterocycles. The molecule has 1 heterocycles. The van der Waals surface area contributed by atoms with Crippen molar-refractivity contribution in [3.05, 3.63) is 0 Å². The molecule has 0 aliphatic carbocycles. The maximum absolute atomic E-state index is 11.7. The third kappa shape index (κ3) is 6.64. The fourth-order valence-electron chi connectivity index (χ4n) is 2.16. The average molecular weight is 241 g/mol. The Morgan fingerprint density at radius 2 is 2.29 bits per heavy atom. The Bertz CT molecular complexity index is 231. The number of nitrogens with one attached hydrogen (secondary N) is 2. The van der Waals surface area contributed by atoms with Crippen molar-refractivity contribution in [2.24, 2.45) is 5.92 Å². The molecule has 1 amide bonds. The fourth-order valence-corrected chi connectivity index (χ4v) is 2.16. The van der Waals surface area contributed by atoms with E-state index in [-0.39, 0.29) is 5.91 Å². The minimum absolute atomic E-state index is 0.182. The molecule has 100 valence electrons. The van der Waals surface area contributed by atoms with E-state index in [1.807, 2.05) is 0 Å². The SMILES string of the molecule is CC(C)CCCNC(=O)CC1CN(C)CCN1. The van der Waals surface area contributed by atoms with Crippen LogP contribution in [0.15, 0.2) is 0 Å². The molecular formula is C13H27N3O. The molecule has 4 heteroatoms. The third-order valence-electron chi connectivity index (χ3n) is 3.17. The number of carbonyl (C=O) groups excluding carboxylic acids is 1. The molecule has 0 aromatic rings. The van der Waals surface area contributed by atoms with Crippen LogP contribution >= 0.6 is 0 Å². The summed E-state index contributed by atoms with van der Waals surface area (Å²) in [5.74, 6) is 0.905. The van der Waals surface area contributed by atoms with Crippen molar-refractivity contribution in [1.29, 1.82) is 0 Å². The van der Waals surface area contributed by atoms with E-state index in [2.05, 4.69) is 36.4 Å². The molecule has 0 radical (unpaired) electrons. The van der Waals surface area contributed by atoms with Gasteiger partial charge in [-0.2, -0.15) is 0 Å². The Morgan fingerprint density at radius 3 is 2.94 bits per heavy atom. The molecule has 1 atom stereocenters. The van der Waals surface area contributed by atoms with E-state index in [9.17, 15) is 4.79 Å². The summed E-state index contributed by atoms with van der Waals surface area (Å²) < 4.78 is 0. The molecule has 1 aliphatic rings. The lowest BCUT2D eigenvalue weighted by molar-refractivity contribution is -0.121. The van der Waals surface area contributed by atoms with Gasteiger partial charge >= 0.3 is 0 Å². The first kappa shape index (κ1) is 14.5. The molecule has 1 aliphatic heterocycles. The molecule has 0 spiro atoms. The highest BCUT2D eigenvalue weighted by Crippen LogP contribution is 2.03. The van der Waals surface area contributed by atoms with Gasteiger partial charge in [0.2, 0.25) is 5.91 Å². The number of hydrogen-bond donors (Lipinski definition) is 2. The zero-order valence-corrected chi connectivity index (χ0v) is 11.5. The second kappa shape index (κ2) is 7.67. The Balaban J connectivity index is 2.07. The van der Waals surface area contributed by atoms with Crippen molar-refractivity contribution < 1.29 is 4.79 Å². The van der Waals surface area contributed by atoms with Gasteiger partial charge in [-0.05, 0) is 25.8 Å². The highest BCUT2D eigenvalue weighted by molar-refractivity contribution is 5.76. The third-order valence-corrected chi connectivity index (χ3v) is 3.17. The van der Waals surface area contributed by atoms with Gasteiger partial charge in [0.1, 0.15) is 0 Å². The van der Waals surface area contributed by atoms with Crippen molar-refractivity contribution in [3.8, 4) is 0 Å². The van der Waals surface area contributed by atoms with Crippen molar-refractivity contribution in [2.45, 2.75) is 39.2 Å². The molecule has 0 aromatic carbocycles. The predicted molar refractivity (Wildman–Crippen MR) is 71.0 cm³/mol. The van der Waals surface area contributed by atoms with Crippen LogP contribution in [-0.2, 0) is 4.79 Å². The van der Waals surface area contributed by atoms with Crippen LogP contribution in [0.25, 0.3) is 0 Å². The summed E-state index contributed by atoms with van der Waals surface area (Å²) in [5.41, 5.74) is 0. The molecule has 17 heavy (non-hydrogen) atoms. The monoisotopic (exact) mass is 241 g/mol. The molecule has 0 aromatic heterocycles. The summed E-state index contributed by atoms with van der Waals surface area (Å²) in [6.45, 7) is 8.28. The lowest BCUT2D eigenvalue weighted by Gasteiger charge is -2.30. The van der Waals surface area contributed by atoms with E-state index in [1.54, 1.807) is 0 Å². The van der Waals surface area contributed by atoms with Gasteiger partial charge in [-0.1, -0.05) is 13.8 Å². The summed E-state index contributed by atoms with van der Waals surface area (Å²) >= 11 is 0. The summed E-state index contributed by atoms with van der Waals surface area (Å²) in [5, 5.41) is 6.39. The van der Waals surface area contributed by atoms with Crippen LogP contribution in [0.5, 0.6) is 0 Å². The Hall–Kier alpha value is -0.610. The molecule has 1 rings (SSSR count). The van der Waals surface area contributed by atoms with Crippen molar-refractivity contribution >= 4 is 5.91 Å². The number of rotatable bonds is 6. The van der Waals surface area contributed by atoms with Gasteiger partial charge in [-0.15, -0.1) is 0 Å². The molecule has 0 bridgehead atoms. The Kier molecular flexibility index (Phi) is 6.52. The normalized spacial score (nSPS) is 21.8. The topological polar surface area (TPSA) is 44.4 Å². The first-order valence-electron chi connectivity index (χ1n) is 6.76. The number of carbonyl (C=O) groups is 1. The zero-order valence-electron chi connectivity index (χ0n) is 11.5. The van der Waals surface area contributed by atoms with Gasteiger partial charge in [0.25, 0.3) is 0 Å². The van der Waals surface area contributed by atoms with Gasteiger partial charge in [-0.3, -0.25) is 4.79 Å². The van der Waals surface area contributed by atoms with E-state index in [0.717, 1.165) is 38.5 Å². The highest BCUT2D eigenvalue weighted by atomic mass is 16.1. The van der Waals surface area contributed by atoms with E-state index in [4.69, 9.17) is 0 Å². The first-order chi connectivity index (χ1) is 8.08. The molecule has 1 fully saturated rings. The fraction of sp³-hybridized carbons (Fsp3) is 0.923. The summed E-state index contributed by atoms with van der Waals surface area (Å²) in [6.07, 6.45) is 2.87. The molecule has 0 saturated carbocycles. The van der Waals surface area contributed by atoms with Crippen molar-refractivity contribution in [1.82, 2.24) is 15.5 Å². The maximum atomic E-state index is 11.7. The minimum atomic E-state index is 0.182. The largest absolute Gasteiger partial charge is 0.356 e. The molecular weight excluding hydrogens is 214 g/mol. The number of piperazine rings is 1. The van der Waals surface area contributed by atoms with Gasteiger partial charge in [0, 0.05) is 38.6 Å². The number of hydrogen-bond acceptors (Lipinski definition) is 3. The van der Waals surface area contributed by atoms with Crippen molar-refractivity contribution in [2.75, 3.05) is 33.2 Å². The van der Waals surface area contributed by atoms with E-state index in [0.29, 0.717) is 12.5 Å². The summed E-state index contributed by atoms with van der Waals surface area (Å²) in [7, 11) is 2.11. The first-order valence-corrected chi connectivity index (χ1v) is 6.76. The van der Waals surface area contributed by atoms with Gasteiger partial charge in [0.05, 0.1) is 0 Å². The van der Waals surface area contributed by atoms with Crippen LogP contribution in [0.4, 0.5) is 0 Å². The second-order valence-electron chi connectivity index (χ2n) is 5.50. The lowest BCUT2D eigenvalue weighted by atomic mass is 10.1. The predicted octanol–water partition coefficient (Wildman–Crippen LogP) is 0.833. The molecule has 4 nitrogen and oxygen atoms in total. The molecule has 2 N–H and O–H groups in total. The number of nitrogens with zero attached hydrogens (tertiary/aromatic N) is 1. The van der Waals surface area contributed by atoms with Crippen molar-refractivity contribution in [3.63, 3.8) is 0 Å². The standard InChI is InChI=1S/C13H27N3O/c1-11(2)5-4-6-15-13(17)9-12-10-16(3)8-7-14-12/h11-12,14H,4-10H2,1-3H3,(H,15,17). The van der Waals surface area contributed by atoms with E-state index >= 15 is 0 Å². The quantitative estimate of drug-likeness (QED) is 0.677. The molecule has 1 unspecified atom stereocenters. The smallest absolute Gasteiger partial charge is 0.221 e. The van der Waals surface area contributed by atoms with Crippen LogP contribution in [0.3, 0.4) is 0 Å². The van der Waals surface area contributed by atoms with E-state index in [1.165, 1.54) is 6.42 Å². The maximum Gasteiger partial charge on any atom is 0.221 e. The lowest BCUT2D eigenvalue weighted by Crippen LogP contribution is -2.50. The Morgan fingerprint density at radius 1 is 1.53 bits per heavy atom. The summed E-state index contributed by atoms with van der Waals surface area (Å²) in [6, 6.07) is 0.318. The van der Waals surface area contributed by atoms with Crippen LogP contribution < -0.4 is 10.6 Å². The number of likely N-dealkylation sites (N-methyl/N-ethyl adjacent to an activating group) is 1. The average Bonchev–Trinajstić information content (AvgIpc) is 2.24. The van der Waals surface area contributed by atoms with Crippen LogP contribution in [-0.4, -0.2) is 50.1 Å². The number of amides is 1. The van der Waals surface area contributed by atoms with Crippen LogP contribution in [0, 0.1) is 5.92 Å². The van der Waals surface area contributed by atoms with E-state index < -0.39 is 0 Å². The van der Waals surface area contributed by atoms with Gasteiger partial charge in [-0.25, -0.2) is 0 Å². The minimum Gasteiger partial charge on any atom is -0.356 e. The second-order valence-corrected chi connectivity index (χ2v) is 5.50. The van der Waals surface area contributed by atoms with Crippen LogP contribution in [0.2, 0.25) is 0 Å².